The predicted molar refractivity (Wildman–Crippen MR) is 124 cm³/mol. The fraction of sp³-hybridized carbons (Fsp3) is 0.423. The summed E-state index contributed by atoms with van der Waals surface area (Å²) >= 11 is 0. The van der Waals surface area contributed by atoms with E-state index in [1.54, 1.807) is 0 Å². The summed E-state index contributed by atoms with van der Waals surface area (Å²) in [6.45, 7) is 2.06. The minimum atomic E-state index is -1.02. The maximum atomic E-state index is 12.5. The average Bonchev–Trinajstić information content (AvgIpc) is 3.57. The molecule has 7 nitrogen and oxygen atoms in total. The highest BCUT2D eigenvalue weighted by atomic mass is 16.5. The molecule has 0 aliphatic heterocycles. The average molecular weight is 451 g/mol. The zero-order chi connectivity index (χ0) is 23.4. The summed E-state index contributed by atoms with van der Waals surface area (Å²) in [5.74, 6) is -1.06. The molecule has 0 heterocycles. The van der Waals surface area contributed by atoms with Gasteiger partial charge in [0.2, 0.25) is 5.91 Å². The van der Waals surface area contributed by atoms with Crippen molar-refractivity contribution in [2.24, 2.45) is 5.92 Å². The summed E-state index contributed by atoms with van der Waals surface area (Å²) in [7, 11) is 0. The standard InChI is InChI=1S/C26H30N2O5/c1-2-17(14-24(29)28-23(25(30)31)13-16-11-12-16)27-26(32)33-15-22-20-9-5-3-7-18(20)19-8-4-6-10-21(19)22/h3-10,16-17,22-23H,2,11-15H2,1H3,(H,27,32)(H,28,29)(H,30,31). The first-order valence-electron chi connectivity index (χ1n) is 11.6. The van der Waals surface area contributed by atoms with Crippen molar-refractivity contribution < 1.29 is 24.2 Å². The van der Waals surface area contributed by atoms with Crippen LogP contribution in [0.4, 0.5) is 4.79 Å². The fourth-order valence-electron chi connectivity index (χ4n) is 4.49. The van der Waals surface area contributed by atoms with Crippen LogP contribution in [0.2, 0.25) is 0 Å². The van der Waals surface area contributed by atoms with E-state index >= 15 is 0 Å². The highest BCUT2D eigenvalue weighted by Crippen LogP contribution is 2.44. The molecule has 2 aromatic rings. The van der Waals surface area contributed by atoms with Crippen molar-refractivity contribution in [3.8, 4) is 11.1 Å². The van der Waals surface area contributed by atoms with E-state index < -0.39 is 24.1 Å². The van der Waals surface area contributed by atoms with Crippen LogP contribution in [0.1, 0.15) is 56.1 Å². The highest BCUT2D eigenvalue weighted by Gasteiger charge is 2.31. The molecule has 0 radical (unpaired) electrons. The van der Waals surface area contributed by atoms with Crippen molar-refractivity contribution in [3.05, 3.63) is 59.7 Å². The number of nitrogens with one attached hydrogen (secondary N) is 2. The van der Waals surface area contributed by atoms with Gasteiger partial charge in [-0.15, -0.1) is 0 Å². The van der Waals surface area contributed by atoms with Gasteiger partial charge in [0.1, 0.15) is 12.6 Å². The van der Waals surface area contributed by atoms with Gasteiger partial charge in [-0.1, -0.05) is 68.3 Å². The molecular formula is C26H30N2O5. The van der Waals surface area contributed by atoms with Gasteiger partial charge in [0.25, 0.3) is 0 Å². The molecule has 0 saturated heterocycles. The number of carboxylic acid groups (broad SMARTS) is 1. The van der Waals surface area contributed by atoms with Crippen molar-refractivity contribution in [1.29, 1.82) is 0 Å². The van der Waals surface area contributed by atoms with E-state index in [9.17, 15) is 19.5 Å². The second-order valence-electron chi connectivity index (χ2n) is 8.92. The lowest BCUT2D eigenvalue weighted by Crippen LogP contribution is -2.45. The predicted octanol–water partition coefficient (Wildman–Crippen LogP) is 4.06. The Morgan fingerprint density at radius 1 is 1.00 bits per heavy atom. The van der Waals surface area contributed by atoms with Gasteiger partial charge in [-0.2, -0.15) is 0 Å². The molecule has 0 bridgehead atoms. The Labute approximate surface area is 193 Å². The van der Waals surface area contributed by atoms with Crippen LogP contribution in [0, 0.1) is 5.92 Å². The zero-order valence-corrected chi connectivity index (χ0v) is 18.8. The quantitative estimate of drug-likeness (QED) is 0.506. The number of hydrogen-bond acceptors (Lipinski definition) is 4. The second-order valence-corrected chi connectivity index (χ2v) is 8.92. The molecule has 2 unspecified atom stereocenters. The van der Waals surface area contributed by atoms with Gasteiger partial charge in [-0.05, 0) is 41.0 Å². The van der Waals surface area contributed by atoms with Crippen LogP contribution in [0.3, 0.4) is 0 Å². The van der Waals surface area contributed by atoms with Crippen LogP contribution in [-0.4, -0.2) is 41.8 Å². The first-order valence-corrected chi connectivity index (χ1v) is 11.6. The van der Waals surface area contributed by atoms with Gasteiger partial charge < -0.3 is 20.5 Å². The smallest absolute Gasteiger partial charge is 0.407 e. The maximum Gasteiger partial charge on any atom is 0.407 e. The third-order valence-corrected chi connectivity index (χ3v) is 6.49. The summed E-state index contributed by atoms with van der Waals surface area (Å²) < 4.78 is 5.56. The molecule has 174 valence electrons. The molecule has 7 heteroatoms. The van der Waals surface area contributed by atoms with E-state index in [2.05, 4.69) is 34.9 Å². The second kappa shape index (κ2) is 10.1. The Morgan fingerprint density at radius 2 is 1.61 bits per heavy atom. The SMILES string of the molecule is CCC(CC(=O)NC(CC1CC1)C(=O)O)NC(=O)OCC1c2ccccc2-c2ccccc21. The van der Waals surface area contributed by atoms with Crippen LogP contribution in [0.15, 0.2) is 48.5 Å². The number of alkyl carbamates (subject to hydrolysis) is 1. The minimum Gasteiger partial charge on any atom is -0.480 e. The van der Waals surface area contributed by atoms with Crippen molar-refractivity contribution in [2.75, 3.05) is 6.61 Å². The number of carbonyl (C=O) groups is 3. The van der Waals surface area contributed by atoms with Gasteiger partial charge in [0.15, 0.2) is 0 Å². The summed E-state index contributed by atoms with van der Waals surface area (Å²) in [6.07, 6.45) is 2.44. The van der Waals surface area contributed by atoms with Crippen molar-refractivity contribution >= 4 is 18.0 Å². The van der Waals surface area contributed by atoms with Crippen LogP contribution in [0.25, 0.3) is 11.1 Å². The van der Waals surface area contributed by atoms with E-state index in [-0.39, 0.29) is 24.9 Å². The van der Waals surface area contributed by atoms with Crippen LogP contribution < -0.4 is 10.6 Å². The maximum absolute atomic E-state index is 12.5. The molecular weight excluding hydrogens is 420 g/mol. The van der Waals surface area contributed by atoms with Crippen LogP contribution in [0.5, 0.6) is 0 Å². The van der Waals surface area contributed by atoms with Gasteiger partial charge >= 0.3 is 12.1 Å². The lowest BCUT2D eigenvalue weighted by molar-refractivity contribution is -0.142. The molecule has 2 aromatic carbocycles. The zero-order valence-electron chi connectivity index (χ0n) is 18.8. The molecule has 2 atom stereocenters. The number of benzene rings is 2. The summed E-state index contributed by atoms with van der Waals surface area (Å²) in [4.78, 5) is 36.3. The molecule has 33 heavy (non-hydrogen) atoms. The Hall–Kier alpha value is -3.35. The van der Waals surface area contributed by atoms with Crippen molar-refractivity contribution in [2.45, 2.75) is 57.0 Å². The number of ether oxygens (including phenoxy) is 1. The first-order chi connectivity index (χ1) is 16.0. The third kappa shape index (κ3) is 5.53. The molecule has 1 fully saturated rings. The molecule has 4 rings (SSSR count). The topological polar surface area (TPSA) is 105 Å². The van der Waals surface area contributed by atoms with Crippen molar-refractivity contribution in [3.63, 3.8) is 0 Å². The largest absolute Gasteiger partial charge is 0.480 e. The molecule has 0 spiro atoms. The van der Waals surface area contributed by atoms with E-state index in [1.807, 2.05) is 31.2 Å². The van der Waals surface area contributed by atoms with Gasteiger partial charge in [-0.3, -0.25) is 4.79 Å². The Morgan fingerprint density at radius 3 is 2.15 bits per heavy atom. The first kappa shape index (κ1) is 22.8. The Kier molecular flexibility index (Phi) is 6.96. The number of carboxylic acids is 1. The molecule has 2 amide bonds. The van der Waals surface area contributed by atoms with Gasteiger partial charge in [-0.25, -0.2) is 9.59 Å². The fourth-order valence-corrected chi connectivity index (χ4v) is 4.49. The molecule has 3 N–H and O–H groups in total. The number of amides is 2. The van der Waals surface area contributed by atoms with E-state index in [1.165, 1.54) is 0 Å². The van der Waals surface area contributed by atoms with Gasteiger partial charge in [0.05, 0.1) is 0 Å². The minimum absolute atomic E-state index is 0.00907. The van der Waals surface area contributed by atoms with Crippen LogP contribution in [-0.2, 0) is 14.3 Å². The van der Waals surface area contributed by atoms with Gasteiger partial charge in [0, 0.05) is 18.4 Å². The van der Waals surface area contributed by atoms with E-state index in [0.29, 0.717) is 18.8 Å². The Bertz CT molecular complexity index is 987. The molecule has 2 aliphatic carbocycles. The molecule has 2 aliphatic rings. The summed E-state index contributed by atoms with van der Waals surface area (Å²) in [5, 5.41) is 14.7. The lowest BCUT2D eigenvalue weighted by Gasteiger charge is -2.20. The normalized spacial score (nSPS) is 16.3. The van der Waals surface area contributed by atoms with Crippen molar-refractivity contribution in [1.82, 2.24) is 10.6 Å². The third-order valence-electron chi connectivity index (χ3n) is 6.49. The number of fused-ring (bicyclic) bond motifs is 3. The van der Waals surface area contributed by atoms with E-state index in [0.717, 1.165) is 35.1 Å². The lowest BCUT2D eigenvalue weighted by atomic mass is 9.98. The summed E-state index contributed by atoms with van der Waals surface area (Å²) in [6, 6.07) is 14.9. The number of rotatable bonds is 10. The van der Waals surface area contributed by atoms with E-state index in [4.69, 9.17) is 4.74 Å². The Balaban J connectivity index is 1.30. The summed E-state index contributed by atoms with van der Waals surface area (Å²) in [5.41, 5.74) is 4.58. The molecule has 1 saturated carbocycles. The number of carbonyl (C=O) groups excluding carboxylic acids is 2. The number of aliphatic carboxylic acids is 1. The van der Waals surface area contributed by atoms with Crippen LogP contribution >= 0.6 is 0 Å². The molecule has 0 aromatic heterocycles. The monoisotopic (exact) mass is 450 g/mol. The highest BCUT2D eigenvalue weighted by molar-refractivity contribution is 5.84. The number of hydrogen-bond donors (Lipinski definition) is 3.